The third-order valence-corrected chi connectivity index (χ3v) is 5.22. The summed E-state index contributed by atoms with van der Waals surface area (Å²) in [6.07, 6.45) is 3.91. The van der Waals surface area contributed by atoms with Gasteiger partial charge in [-0.05, 0) is 61.6 Å². The molecule has 6 nitrogen and oxygen atoms in total. The molecule has 134 valence electrons. The molecule has 0 N–H and O–H groups in total. The minimum Gasteiger partial charge on any atom is -0.457 e. The number of imide groups is 1. The highest BCUT2D eigenvalue weighted by molar-refractivity contribution is 6.22. The first-order chi connectivity index (χ1) is 12.5. The molecule has 6 heteroatoms. The van der Waals surface area contributed by atoms with E-state index in [1.807, 2.05) is 0 Å². The lowest BCUT2D eigenvalue weighted by Crippen LogP contribution is -2.30. The van der Waals surface area contributed by atoms with E-state index in [2.05, 4.69) is 6.92 Å². The Labute approximate surface area is 150 Å². The Balaban J connectivity index is 1.51. The summed E-state index contributed by atoms with van der Waals surface area (Å²) in [6, 6.07) is 9.51. The molecule has 2 aromatic rings. The van der Waals surface area contributed by atoms with E-state index in [4.69, 9.17) is 9.15 Å². The highest BCUT2D eigenvalue weighted by atomic mass is 16.5. The summed E-state index contributed by atoms with van der Waals surface area (Å²) >= 11 is 0. The van der Waals surface area contributed by atoms with Gasteiger partial charge in [-0.3, -0.25) is 14.5 Å². The maximum atomic E-state index is 12.7. The molecule has 2 amide bonds. The Kier molecular flexibility index (Phi) is 4.11. The molecule has 2 heterocycles. The van der Waals surface area contributed by atoms with E-state index in [0.29, 0.717) is 17.4 Å². The van der Waals surface area contributed by atoms with Crippen LogP contribution in [0.3, 0.4) is 0 Å². The van der Waals surface area contributed by atoms with Gasteiger partial charge in [0.1, 0.15) is 5.75 Å². The van der Waals surface area contributed by atoms with Crippen molar-refractivity contribution in [1.29, 1.82) is 0 Å². The Morgan fingerprint density at radius 1 is 1.08 bits per heavy atom. The largest absolute Gasteiger partial charge is 0.457 e. The van der Waals surface area contributed by atoms with Crippen LogP contribution in [0.1, 0.15) is 36.7 Å². The molecule has 3 unspecified atom stereocenters. The molecule has 2 fully saturated rings. The molecule has 26 heavy (non-hydrogen) atoms. The molecule has 0 bridgehead atoms. The van der Waals surface area contributed by atoms with Crippen LogP contribution in [0.15, 0.2) is 47.1 Å². The summed E-state index contributed by atoms with van der Waals surface area (Å²) in [7, 11) is 0. The Morgan fingerprint density at radius 2 is 1.81 bits per heavy atom. The van der Waals surface area contributed by atoms with E-state index >= 15 is 0 Å². The second kappa shape index (κ2) is 6.44. The van der Waals surface area contributed by atoms with E-state index in [0.717, 1.165) is 19.3 Å². The SMILES string of the molecule is CC1CCC2C(=O)N(c3ccc(OC(=O)c4ccco4)cc3)C(=O)C2C1. The molecule has 0 radical (unpaired) electrons. The van der Waals surface area contributed by atoms with Crippen LogP contribution >= 0.6 is 0 Å². The number of carbonyl (C=O) groups is 3. The van der Waals surface area contributed by atoms with E-state index in [9.17, 15) is 14.4 Å². The van der Waals surface area contributed by atoms with Crippen molar-refractivity contribution in [3.63, 3.8) is 0 Å². The van der Waals surface area contributed by atoms with Crippen molar-refractivity contribution in [2.75, 3.05) is 4.90 Å². The monoisotopic (exact) mass is 353 g/mol. The van der Waals surface area contributed by atoms with Gasteiger partial charge in [0.15, 0.2) is 0 Å². The zero-order valence-corrected chi connectivity index (χ0v) is 14.4. The topological polar surface area (TPSA) is 76.8 Å². The summed E-state index contributed by atoms with van der Waals surface area (Å²) in [5, 5.41) is 0. The average Bonchev–Trinajstić information content (AvgIpc) is 3.24. The highest BCUT2D eigenvalue weighted by Crippen LogP contribution is 2.42. The van der Waals surface area contributed by atoms with E-state index in [1.54, 1.807) is 30.3 Å². The standard InChI is InChI=1S/C20H19NO5/c1-12-4-9-15-16(11-12)19(23)21(18(15)22)13-5-7-14(8-6-13)26-20(24)17-3-2-10-25-17/h2-3,5-8,10,12,15-16H,4,9,11H2,1H3. The van der Waals surface area contributed by atoms with Gasteiger partial charge in [0, 0.05) is 0 Å². The van der Waals surface area contributed by atoms with Gasteiger partial charge in [0.2, 0.25) is 17.6 Å². The highest BCUT2D eigenvalue weighted by Gasteiger charge is 2.49. The molecule has 4 rings (SSSR count). The minimum absolute atomic E-state index is 0.108. The van der Waals surface area contributed by atoms with E-state index < -0.39 is 5.97 Å². The number of carbonyl (C=O) groups excluding carboxylic acids is 3. The lowest BCUT2D eigenvalue weighted by molar-refractivity contribution is -0.122. The number of hydrogen-bond donors (Lipinski definition) is 0. The van der Waals surface area contributed by atoms with Gasteiger partial charge in [0.25, 0.3) is 0 Å². The third-order valence-electron chi connectivity index (χ3n) is 5.22. The fourth-order valence-electron chi connectivity index (χ4n) is 3.86. The van der Waals surface area contributed by atoms with Crippen LogP contribution in [-0.2, 0) is 9.59 Å². The van der Waals surface area contributed by atoms with Gasteiger partial charge >= 0.3 is 5.97 Å². The summed E-state index contributed by atoms with van der Waals surface area (Å²) in [4.78, 5) is 38.6. The Bertz CT molecular complexity index is 840. The van der Waals surface area contributed by atoms with Crippen LogP contribution in [0.2, 0.25) is 0 Å². The Hall–Kier alpha value is -2.89. The smallest absolute Gasteiger partial charge is 0.379 e. The molecule has 1 aliphatic heterocycles. The van der Waals surface area contributed by atoms with E-state index in [1.165, 1.54) is 17.2 Å². The summed E-state index contributed by atoms with van der Waals surface area (Å²) in [5.74, 6) is -0.346. The van der Waals surface area contributed by atoms with Gasteiger partial charge in [-0.1, -0.05) is 6.92 Å². The maximum absolute atomic E-state index is 12.7. The zero-order valence-electron chi connectivity index (χ0n) is 14.4. The van der Waals surface area contributed by atoms with Gasteiger partial charge in [-0.15, -0.1) is 0 Å². The number of esters is 1. The molecular formula is C20H19NO5. The van der Waals surface area contributed by atoms with Crippen LogP contribution in [0, 0.1) is 17.8 Å². The van der Waals surface area contributed by atoms with Crippen LogP contribution in [0.25, 0.3) is 0 Å². The van der Waals surface area contributed by atoms with Gasteiger partial charge in [-0.2, -0.15) is 0 Å². The zero-order chi connectivity index (χ0) is 18.3. The fourth-order valence-corrected chi connectivity index (χ4v) is 3.86. The van der Waals surface area contributed by atoms with Crippen molar-refractivity contribution in [1.82, 2.24) is 0 Å². The molecule has 2 aliphatic rings. The number of anilines is 1. The maximum Gasteiger partial charge on any atom is 0.379 e. The van der Waals surface area contributed by atoms with Crippen molar-refractivity contribution in [3.05, 3.63) is 48.4 Å². The number of hydrogen-bond acceptors (Lipinski definition) is 5. The van der Waals surface area contributed by atoms with Crippen LogP contribution < -0.4 is 9.64 Å². The molecule has 1 saturated carbocycles. The molecule has 1 aromatic carbocycles. The summed E-state index contributed by atoms with van der Waals surface area (Å²) < 4.78 is 10.2. The Morgan fingerprint density at radius 3 is 2.50 bits per heavy atom. The van der Waals surface area contributed by atoms with E-state index in [-0.39, 0.29) is 29.4 Å². The van der Waals surface area contributed by atoms with Crippen molar-refractivity contribution < 1.29 is 23.5 Å². The molecule has 1 aromatic heterocycles. The number of fused-ring (bicyclic) bond motifs is 1. The predicted molar refractivity (Wildman–Crippen MR) is 92.6 cm³/mol. The van der Waals surface area contributed by atoms with Crippen LogP contribution in [0.5, 0.6) is 5.75 Å². The van der Waals surface area contributed by atoms with Crippen molar-refractivity contribution in [2.45, 2.75) is 26.2 Å². The van der Waals surface area contributed by atoms with Crippen molar-refractivity contribution in [3.8, 4) is 5.75 Å². The number of nitrogens with zero attached hydrogens (tertiary/aromatic N) is 1. The van der Waals surface area contributed by atoms with Gasteiger partial charge in [-0.25, -0.2) is 4.79 Å². The number of ether oxygens (including phenoxy) is 1. The number of rotatable bonds is 3. The lowest BCUT2D eigenvalue weighted by atomic mass is 9.76. The first kappa shape index (κ1) is 16.6. The average molecular weight is 353 g/mol. The summed E-state index contributed by atoms with van der Waals surface area (Å²) in [5.41, 5.74) is 0.514. The number of benzene rings is 1. The lowest BCUT2D eigenvalue weighted by Gasteiger charge is -2.25. The third kappa shape index (κ3) is 2.81. The molecule has 0 spiro atoms. The predicted octanol–water partition coefficient (Wildman–Crippen LogP) is 3.42. The van der Waals surface area contributed by atoms with Crippen LogP contribution in [-0.4, -0.2) is 17.8 Å². The molecule has 1 aliphatic carbocycles. The first-order valence-corrected chi connectivity index (χ1v) is 8.78. The molecule has 1 saturated heterocycles. The van der Waals surface area contributed by atoms with Crippen LogP contribution in [0.4, 0.5) is 5.69 Å². The molecular weight excluding hydrogens is 334 g/mol. The second-order valence-corrected chi connectivity index (χ2v) is 7.00. The normalized spacial score (nSPS) is 25.3. The number of furan rings is 1. The minimum atomic E-state index is -0.601. The summed E-state index contributed by atoms with van der Waals surface area (Å²) in [6.45, 7) is 2.12. The van der Waals surface area contributed by atoms with Gasteiger partial charge in [0.05, 0.1) is 23.8 Å². The van der Waals surface area contributed by atoms with Crippen molar-refractivity contribution in [2.24, 2.45) is 17.8 Å². The van der Waals surface area contributed by atoms with Crippen molar-refractivity contribution >= 4 is 23.5 Å². The number of amides is 2. The first-order valence-electron chi connectivity index (χ1n) is 8.78. The molecule has 3 atom stereocenters. The second-order valence-electron chi connectivity index (χ2n) is 7.00. The quantitative estimate of drug-likeness (QED) is 0.480. The fraction of sp³-hybridized carbons (Fsp3) is 0.350. The van der Waals surface area contributed by atoms with Gasteiger partial charge < -0.3 is 9.15 Å².